The summed E-state index contributed by atoms with van der Waals surface area (Å²) in [4.78, 5) is 23.1. The van der Waals surface area contributed by atoms with Gasteiger partial charge in [0.25, 0.3) is 5.91 Å². The number of carboxylic acids is 1. The second-order valence-corrected chi connectivity index (χ2v) is 7.70. The van der Waals surface area contributed by atoms with Crippen LogP contribution < -0.4 is 15.2 Å². The van der Waals surface area contributed by atoms with Gasteiger partial charge in [-0.1, -0.05) is 39.0 Å². The van der Waals surface area contributed by atoms with Crippen LogP contribution >= 0.6 is 11.8 Å². The third-order valence-corrected chi connectivity index (χ3v) is 4.24. The van der Waals surface area contributed by atoms with E-state index in [0.717, 1.165) is 11.1 Å². The molecule has 1 N–H and O–H groups in total. The van der Waals surface area contributed by atoms with Gasteiger partial charge in [0.1, 0.15) is 5.75 Å². The number of hydrogen-bond donors (Lipinski definition) is 1. The number of para-hydroxylation sites is 1. The van der Waals surface area contributed by atoms with Crippen LogP contribution in [-0.2, 0) is 15.0 Å². The molecule has 0 aromatic heterocycles. The lowest BCUT2D eigenvalue weighted by molar-refractivity contribution is -0.308. The van der Waals surface area contributed by atoms with Crippen LogP contribution in [0.1, 0.15) is 38.3 Å². The molecule has 5 nitrogen and oxygen atoms in total. The molecule has 1 aromatic rings. The summed E-state index contributed by atoms with van der Waals surface area (Å²) < 4.78 is 5.71. The van der Waals surface area contributed by atoms with Gasteiger partial charge in [-0.05, 0) is 41.9 Å². The predicted octanol–water partition coefficient (Wildman–Crippen LogP) is 1.66. The van der Waals surface area contributed by atoms with E-state index in [0.29, 0.717) is 17.9 Å². The van der Waals surface area contributed by atoms with Crippen molar-refractivity contribution in [2.75, 3.05) is 18.6 Å². The van der Waals surface area contributed by atoms with Crippen molar-refractivity contribution < 1.29 is 19.4 Å². The van der Waals surface area contributed by atoms with Crippen LogP contribution in [0.15, 0.2) is 18.2 Å². The highest BCUT2D eigenvalue weighted by Crippen LogP contribution is 2.33. The highest BCUT2D eigenvalue weighted by atomic mass is 32.2. The number of aliphatic carboxylic acids is 1. The van der Waals surface area contributed by atoms with Gasteiger partial charge in [-0.3, -0.25) is 4.79 Å². The fraction of sp³-hybridized carbons (Fsp3) is 0.556. The number of carbonyl (C=O) groups excluding carboxylic acids is 2. The Morgan fingerprint density at radius 2 is 2.00 bits per heavy atom. The van der Waals surface area contributed by atoms with Crippen molar-refractivity contribution in [3.05, 3.63) is 29.3 Å². The molecule has 1 amide bonds. The van der Waals surface area contributed by atoms with Gasteiger partial charge in [0, 0.05) is 0 Å². The van der Waals surface area contributed by atoms with Crippen LogP contribution in [0.25, 0.3) is 0 Å². The number of benzene rings is 1. The predicted molar refractivity (Wildman–Crippen MR) is 95.3 cm³/mol. The normalized spacial score (nSPS) is 12.5. The summed E-state index contributed by atoms with van der Waals surface area (Å²) in [6.07, 6.45) is 2.20. The minimum atomic E-state index is -1.27. The van der Waals surface area contributed by atoms with E-state index in [9.17, 15) is 14.7 Å². The van der Waals surface area contributed by atoms with Gasteiger partial charge in [-0.25, -0.2) is 0 Å². The summed E-state index contributed by atoms with van der Waals surface area (Å²) in [5.41, 5.74) is 1.83. The highest BCUT2D eigenvalue weighted by molar-refractivity contribution is 7.98. The Kier molecular flexibility index (Phi) is 7.60. The van der Waals surface area contributed by atoms with Crippen LogP contribution in [0.2, 0.25) is 0 Å². The zero-order valence-corrected chi connectivity index (χ0v) is 15.8. The second-order valence-electron chi connectivity index (χ2n) is 6.71. The molecule has 0 unspecified atom stereocenters. The van der Waals surface area contributed by atoms with Crippen LogP contribution in [-0.4, -0.2) is 36.5 Å². The Balaban J connectivity index is 2.75. The molecule has 0 aliphatic carbocycles. The number of aryl methyl sites for hydroxylation is 1. The smallest absolute Gasteiger partial charge is 0.258 e. The summed E-state index contributed by atoms with van der Waals surface area (Å²) in [7, 11) is 0. The van der Waals surface area contributed by atoms with E-state index in [1.165, 1.54) is 11.8 Å². The van der Waals surface area contributed by atoms with Gasteiger partial charge in [-0.15, -0.1) is 0 Å². The van der Waals surface area contributed by atoms with E-state index >= 15 is 0 Å². The van der Waals surface area contributed by atoms with E-state index < -0.39 is 17.9 Å². The first-order valence-electron chi connectivity index (χ1n) is 7.89. The lowest BCUT2D eigenvalue weighted by atomic mass is 9.85. The Morgan fingerprint density at radius 3 is 2.54 bits per heavy atom. The van der Waals surface area contributed by atoms with Crippen LogP contribution in [0.5, 0.6) is 5.75 Å². The molecule has 1 aromatic carbocycles. The number of carboxylic acid groups (broad SMARTS) is 1. The molecular formula is C18H26NO4S-. The largest absolute Gasteiger partial charge is 0.548 e. The standard InChI is InChI=1S/C18H27NO4S/c1-12-7-6-8-13(18(2,3)4)16(12)23-11-15(20)19-14(17(21)22)9-10-24-5/h6-8,14H,9-11H2,1-5H3,(H,19,20)(H,21,22)/p-1/t14-/m0/s1. The van der Waals surface area contributed by atoms with Gasteiger partial charge in [0.05, 0.1) is 12.0 Å². The number of thioether (sulfide) groups is 1. The SMILES string of the molecule is CSCC[C@H](NC(=O)COc1c(C)cccc1C(C)(C)C)C(=O)[O-]. The molecule has 0 fully saturated rings. The monoisotopic (exact) mass is 352 g/mol. The molecule has 0 heterocycles. The lowest BCUT2D eigenvalue weighted by Gasteiger charge is -2.24. The maximum absolute atomic E-state index is 12.0. The Hall–Kier alpha value is -1.69. The second kappa shape index (κ2) is 8.97. The summed E-state index contributed by atoms with van der Waals surface area (Å²) in [6, 6.07) is 4.86. The van der Waals surface area contributed by atoms with Crippen molar-refractivity contribution in [2.45, 2.75) is 45.6 Å². The molecule has 6 heteroatoms. The summed E-state index contributed by atoms with van der Waals surface area (Å²) >= 11 is 1.52. The Morgan fingerprint density at radius 1 is 1.33 bits per heavy atom. The number of rotatable bonds is 8. The van der Waals surface area contributed by atoms with E-state index in [-0.39, 0.29) is 12.0 Å². The van der Waals surface area contributed by atoms with Crippen LogP contribution in [0.4, 0.5) is 0 Å². The minimum Gasteiger partial charge on any atom is -0.548 e. The molecule has 0 bridgehead atoms. The van der Waals surface area contributed by atoms with E-state index in [1.54, 1.807) is 0 Å². The van der Waals surface area contributed by atoms with Crippen molar-refractivity contribution in [2.24, 2.45) is 0 Å². The third kappa shape index (κ3) is 6.07. The molecule has 0 saturated heterocycles. The Bertz CT molecular complexity index is 581. The van der Waals surface area contributed by atoms with Gasteiger partial charge in [-0.2, -0.15) is 11.8 Å². The number of carbonyl (C=O) groups is 2. The zero-order chi connectivity index (χ0) is 18.3. The van der Waals surface area contributed by atoms with E-state index in [2.05, 4.69) is 26.1 Å². The number of ether oxygens (including phenoxy) is 1. The van der Waals surface area contributed by atoms with Crippen molar-refractivity contribution in [3.8, 4) is 5.75 Å². The minimum absolute atomic E-state index is 0.121. The molecule has 1 rings (SSSR count). The van der Waals surface area contributed by atoms with Crippen LogP contribution in [0, 0.1) is 6.92 Å². The first-order chi connectivity index (χ1) is 11.2. The molecule has 24 heavy (non-hydrogen) atoms. The fourth-order valence-electron chi connectivity index (χ4n) is 2.29. The number of nitrogens with one attached hydrogen (secondary N) is 1. The summed E-state index contributed by atoms with van der Waals surface area (Å²) in [5.74, 6) is -0.433. The number of amides is 1. The van der Waals surface area contributed by atoms with Gasteiger partial charge >= 0.3 is 0 Å². The van der Waals surface area contributed by atoms with Gasteiger partial charge in [0.2, 0.25) is 0 Å². The van der Waals surface area contributed by atoms with E-state index in [4.69, 9.17) is 4.74 Å². The van der Waals surface area contributed by atoms with E-state index in [1.807, 2.05) is 31.4 Å². The van der Waals surface area contributed by atoms with Gasteiger partial charge < -0.3 is 20.0 Å². The average molecular weight is 352 g/mol. The first-order valence-corrected chi connectivity index (χ1v) is 9.28. The number of hydrogen-bond acceptors (Lipinski definition) is 5. The molecule has 0 aliphatic heterocycles. The molecule has 0 saturated carbocycles. The molecular weight excluding hydrogens is 326 g/mol. The first kappa shape index (κ1) is 20.4. The average Bonchev–Trinajstić information content (AvgIpc) is 2.48. The maximum Gasteiger partial charge on any atom is 0.258 e. The fourth-order valence-corrected chi connectivity index (χ4v) is 2.76. The molecule has 0 spiro atoms. The molecule has 134 valence electrons. The summed E-state index contributed by atoms with van der Waals surface area (Å²) in [5, 5.41) is 13.5. The maximum atomic E-state index is 12.0. The topological polar surface area (TPSA) is 78.5 Å². The highest BCUT2D eigenvalue weighted by Gasteiger charge is 2.21. The summed E-state index contributed by atoms with van der Waals surface area (Å²) in [6.45, 7) is 7.91. The lowest BCUT2D eigenvalue weighted by Crippen LogP contribution is -2.49. The van der Waals surface area contributed by atoms with Crippen molar-refractivity contribution in [1.29, 1.82) is 0 Å². The van der Waals surface area contributed by atoms with Gasteiger partial charge in [0.15, 0.2) is 6.61 Å². The third-order valence-electron chi connectivity index (χ3n) is 3.60. The van der Waals surface area contributed by atoms with Crippen LogP contribution in [0.3, 0.4) is 0 Å². The van der Waals surface area contributed by atoms with Crippen molar-refractivity contribution in [3.63, 3.8) is 0 Å². The van der Waals surface area contributed by atoms with Crippen molar-refractivity contribution in [1.82, 2.24) is 5.32 Å². The zero-order valence-electron chi connectivity index (χ0n) is 15.0. The Labute approximate surface area is 148 Å². The van der Waals surface area contributed by atoms with Crippen molar-refractivity contribution >= 4 is 23.6 Å². The quantitative estimate of drug-likeness (QED) is 0.770. The molecule has 1 atom stereocenters. The molecule has 0 radical (unpaired) electrons. The molecule has 0 aliphatic rings.